The minimum absolute atomic E-state index is 0.137. The predicted molar refractivity (Wildman–Crippen MR) is 75.8 cm³/mol. The Morgan fingerprint density at radius 2 is 1.95 bits per heavy atom. The molecule has 0 spiro atoms. The Morgan fingerprint density at radius 3 is 2.38 bits per heavy atom. The molecule has 0 bridgehead atoms. The molecule has 1 aliphatic rings. The highest BCUT2D eigenvalue weighted by atomic mass is 16.5. The Bertz CT molecular complexity index is 416. The van der Waals surface area contributed by atoms with E-state index in [1.165, 1.54) is 9.80 Å². The number of ether oxygens (including phenoxy) is 1. The van der Waals surface area contributed by atoms with Crippen molar-refractivity contribution >= 4 is 18.0 Å². The van der Waals surface area contributed by atoms with Crippen LogP contribution in [0.4, 0.5) is 4.79 Å². The highest BCUT2D eigenvalue weighted by Gasteiger charge is 2.37. The molecule has 0 unspecified atom stereocenters. The van der Waals surface area contributed by atoms with Crippen molar-refractivity contribution in [1.82, 2.24) is 9.80 Å². The fraction of sp³-hybridized carbons (Fsp3) is 0.786. The van der Waals surface area contributed by atoms with E-state index in [9.17, 15) is 14.4 Å². The molecule has 7 nitrogen and oxygen atoms in total. The molecule has 1 rings (SSSR count). The summed E-state index contributed by atoms with van der Waals surface area (Å²) in [6, 6.07) is -0.280. The maximum atomic E-state index is 12.5. The van der Waals surface area contributed by atoms with E-state index in [0.29, 0.717) is 13.0 Å². The van der Waals surface area contributed by atoms with Gasteiger partial charge >= 0.3 is 12.1 Å². The van der Waals surface area contributed by atoms with Gasteiger partial charge in [0.1, 0.15) is 6.54 Å². The average Bonchev–Trinajstić information content (AvgIpc) is 2.83. The van der Waals surface area contributed by atoms with Gasteiger partial charge in [0, 0.05) is 18.5 Å². The van der Waals surface area contributed by atoms with Crippen LogP contribution in [0.5, 0.6) is 0 Å². The monoisotopic (exact) mass is 300 g/mol. The number of nitrogens with zero attached hydrogens (tertiary/aromatic N) is 2. The Kier molecular flexibility index (Phi) is 5.57. The summed E-state index contributed by atoms with van der Waals surface area (Å²) in [6.45, 7) is 7.75. The number of amides is 2. The summed E-state index contributed by atoms with van der Waals surface area (Å²) in [5, 5.41) is 9.01. The Balaban J connectivity index is 2.85. The third-order valence-electron chi connectivity index (χ3n) is 3.38. The second-order valence-corrected chi connectivity index (χ2v) is 6.16. The lowest BCUT2D eigenvalue weighted by atomic mass is 9.93. The topological polar surface area (TPSA) is 87.2 Å². The highest BCUT2D eigenvalue weighted by Crippen LogP contribution is 2.23. The van der Waals surface area contributed by atoms with Crippen molar-refractivity contribution in [3.63, 3.8) is 0 Å². The van der Waals surface area contributed by atoms with Gasteiger partial charge in [-0.15, -0.1) is 0 Å². The first-order valence-corrected chi connectivity index (χ1v) is 7.11. The first kappa shape index (κ1) is 17.3. The van der Waals surface area contributed by atoms with Crippen LogP contribution in [0.25, 0.3) is 0 Å². The molecular weight excluding hydrogens is 276 g/mol. The molecule has 1 fully saturated rings. The summed E-state index contributed by atoms with van der Waals surface area (Å²) in [6.07, 6.45) is -0.468. The van der Waals surface area contributed by atoms with E-state index in [-0.39, 0.29) is 31.6 Å². The lowest BCUT2D eigenvalue weighted by Gasteiger charge is -2.33. The Labute approximate surface area is 124 Å². The summed E-state index contributed by atoms with van der Waals surface area (Å²) in [5.74, 6) is -0.642. The summed E-state index contributed by atoms with van der Waals surface area (Å²) in [5.41, 5.74) is -0.636. The number of hydrogen-bond donors (Lipinski definition) is 1. The minimum Gasteiger partial charge on any atom is -0.465 e. The van der Waals surface area contributed by atoms with Crippen LogP contribution < -0.4 is 0 Å². The highest BCUT2D eigenvalue weighted by molar-refractivity contribution is 5.86. The zero-order valence-corrected chi connectivity index (χ0v) is 13.1. The van der Waals surface area contributed by atoms with E-state index in [4.69, 9.17) is 9.84 Å². The van der Waals surface area contributed by atoms with Crippen molar-refractivity contribution in [2.45, 2.75) is 40.2 Å². The fourth-order valence-electron chi connectivity index (χ4n) is 2.31. The zero-order chi connectivity index (χ0) is 16.2. The number of rotatable bonds is 4. The number of carboxylic acid groups (broad SMARTS) is 1. The van der Waals surface area contributed by atoms with Gasteiger partial charge < -0.3 is 19.6 Å². The molecule has 21 heavy (non-hydrogen) atoms. The van der Waals surface area contributed by atoms with Gasteiger partial charge in [0.2, 0.25) is 5.91 Å². The van der Waals surface area contributed by atoms with Crippen LogP contribution >= 0.6 is 0 Å². The zero-order valence-electron chi connectivity index (χ0n) is 13.1. The van der Waals surface area contributed by atoms with Gasteiger partial charge in [-0.1, -0.05) is 20.8 Å². The molecule has 0 radical (unpaired) electrons. The van der Waals surface area contributed by atoms with E-state index in [0.717, 1.165) is 0 Å². The number of carbonyl (C=O) groups excluding carboxylic acids is 2. The second kappa shape index (κ2) is 6.78. The third-order valence-corrected chi connectivity index (χ3v) is 3.38. The number of likely N-dealkylation sites (tertiary alicyclic amines) is 1. The van der Waals surface area contributed by atoms with Crippen molar-refractivity contribution in [3.8, 4) is 0 Å². The maximum absolute atomic E-state index is 12.5. The Morgan fingerprint density at radius 1 is 1.33 bits per heavy atom. The maximum Gasteiger partial charge on any atom is 0.407 e. The molecule has 0 aromatic rings. The van der Waals surface area contributed by atoms with E-state index in [1.807, 2.05) is 0 Å². The van der Waals surface area contributed by atoms with Crippen LogP contribution in [0.2, 0.25) is 0 Å². The van der Waals surface area contributed by atoms with Crippen LogP contribution in [0.1, 0.15) is 34.1 Å². The van der Waals surface area contributed by atoms with E-state index >= 15 is 0 Å². The molecule has 2 amide bonds. The van der Waals surface area contributed by atoms with Crippen LogP contribution in [0.15, 0.2) is 0 Å². The molecule has 7 heteroatoms. The first-order chi connectivity index (χ1) is 9.66. The fourth-order valence-corrected chi connectivity index (χ4v) is 2.31. The van der Waals surface area contributed by atoms with Crippen LogP contribution in [-0.4, -0.2) is 65.2 Å². The second-order valence-electron chi connectivity index (χ2n) is 6.16. The lowest BCUT2D eigenvalue weighted by molar-refractivity contribution is -0.153. The van der Waals surface area contributed by atoms with Crippen molar-refractivity contribution in [1.29, 1.82) is 0 Å². The molecule has 0 aliphatic carbocycles. The molecule has 1 aliphatic heterocycles. The van der Waals surface area contributed by atoms with Gasteiger partial charge in [0.15, 0.2) is 0 Å². The molecule has 0 aromatic heterocycles. The molecule has 120 valence electrons. The van der Waals surface area contributed by atoms with Crippen molar-refractivity contribution in [2.24, 2.45) is 5.41 Å². The largest absolute Gasteiger partial charge is 0.465 e. The Hall–Kier alpha value is -1.79. The van der Waals surface area contributed by atoms with Gasteiger partial charge in [0.05, 0.1) is 12.6 Å². The van der Waals surface area contributed by atoms with Gasteiger partial charge in [-0.3, -0.25) is 9.59 Å². The lowest BCUT2D eigenvalue weighted by Crippen LogP contribution is -2.49. The average molecular weight is 300 g/mol. The quantitative estimate of drug-likeness (QED) is 0.788. The van der Waals surface area contributed by atoms with Crippen LogP contribution in [-0.2, 0) is 14.3 Å². The molecule has 0 saturated carbocycles. The first-order valence-electron chi connectivity index (χ1n) is 7.11. The van der Waals surface area contributed by atoms with Crippen molar-refractivity contribution in [3.05, 3.63) is 0 Å². The number of carbonyl (C=O) groups is 3. The summed E-state index contributed by atoms with van der Waals surface area (Å²) in [7, 11) is 0. The standard InChI is InChI=1S/C14H24N2O5/c1-5-21-11(17)9-16(12(18)14(2,3)4)10-6-7-15(8-10)13(19)20/h10H,5-9H2,1-4H3,(H,19,20)/t10-/m0/s1. The normalized spacial score (nSPS) is 18.5. The van der Waals surface area contributed by atoms with Gasteiger partial charge in [0.25, 0.3) is 0 Å². The molecule has 1 atom stereocenters. The van der Waals surface area contributed by atoms with E-state index in [1.54, 1.807) is 27.7 Å². The van der Waals surface area contributed by atoms with Crippen molar-refractivity contribution < 1.29 is 24.2 Å². The van der Waals surface area contributed by atoms with Crippen molar-refractivity contribution in [2.75, 3.05) is 26.2 Å². The molecular formula is C14H24N2O5. The molecule has 1 N–H and O–H groups in total. The smallest absolute Gasteiger partial charge is 0.407 e. The van der Waals surface area contributed by atoms with E-state index in [2.05, 4.69) is 0 Å². The molecule has 1 heterocycles. The van der Waals surface area contributed by atoms with E-state index < -0.39 is 17.5 Å². The SMILES string of the molecule is CCOC(=O)CN(C(=O)C(C)(C)C)[C@H]1CCN(C(=O)O)C1. The minimum atomic E-state index is -1.00. The van der Waals surface area contributed by atoms with Gasteiger partial charge in [-0.05, 0) is 13.3 Å². The number of esters is 1. The summed E-state index contributed by atoms with van der Waals surface area (Å²) >= 11 is 0. The summed E-state index contributed by atoms with van der Waals surface area (Å²) < 4.78 is 4.91. The number of hydrogen-bond acceptors (Lipinski definition) is 4. The third kappa shape index (κ3) is 4.61. The summed E-state index contributed by atoms with van der Waals surface area (Å²) in [4.78, 5) is 37.9. The van der Waals surface area contributed by atoms with Crippen LogP contribution in [0, 0.1) is 5.41 Å². The van der Waals surface area contributed by atoms with Gasteiger partial charge in [-0.25, -0.2) is 4.79 Å². The van der Waals surface area contributed by atoms with Gasteiger partial charge in [-0.2, -0.15) is 0 Å². The molecule has 0 aromatic carbocycles. The predicted octanol–water partition coefficient (Wildman–Crippen LogP) is 1.18. The molecule has 1 saturated heterocycles. The van der Waals surface area contributed by atoms with Crippen LogP contribution in [0.3, 0.4) is 0 Å².